The van der Waals surface area contributed by atoms with Crippen LogP contribution in [0.4, 0.5) is 11.4 Å². The molecule has 20 heavy (non-hydrogen) atoms. The standard InChI is InChI=1S/C14H16N2O4/c1-15(9-11-2-3-11)12-6-4-10(5-7-14(17)18)8-13(12)16(19)20/h4-8,11H,2-3,9H2,1H3,(H,17,18)/b7-5+. The molecular weight excluding hydrogens is 260 g/mol. The summed E-state index contributed by atoms with van der Waals surface area (Å²) in [5.41, 5.74) is 1.07. The zero-order valence-electron chi connectivity index (χ0n) is 11.2. The van der Waals surface area contributed by atoms with Crippen LogP contribution in [0.3, 0.4) is 0 Å². The summed E-state index contributed by atoms with van der Waals surface area (Å²) < 4.78 is 0. The molecule has 106 valence electrons. The van der Waals surface area contributed by atoms with Gasteiger partial charge in [0.05, 0.1) is 4.92 Å². The van der Waals surface area contributed by atoms with Crippen LogP contribution in [0, 0.1) is 16.0 Å². The summed E-state index contributed by atoms with van der Waals surface area (Å²) in [4.78, 5) is 23.1. The van der Waals surface area contributed by atoms with Gasteiger partial charge in [0.25, 0.3) is 5.69 Å². The van der Waals surface area contributed by atoms with Gasteiger partial charge in [0.1, 0.15) is 5.69 Å². The summed E-state index contributed by atoms with van der Waals surface area (Å²) in [5, 5.41) is 19.7. The zero-order valence-corrected chi connectivity index (χ0v) is 11.2. The number of nitro groups is 1. The smallest absolute Gasteiger partial charge is 0.328 e. The lowest BCUT2D eigenvalue weighted by Crippen LogP contribution is -2.20. The minimum absolute atomic E-state index is 0.000638. The molecule has 0 aromatic heterocycles. The van der Waals surface area contributed by atoms with Gasteiger partial charge in [-0.1, -0.05) is 6.07 Å². The maximum absolute atomic E-state index is 11.2. The molecule has 2 rings (SSSR count). The van der Waals surface area contributed by atoms with Crippen molar-refractivity contribution in [3.63, 3.8) is 0 Å². The molecule has 1 N–H and O–H groups in total. The first-order chi connectivity index (χ1) is 9.47. The lowest BCUT2D eigenvalue weighted by atomic mass is 10.1. The Hall–Kier alpha value is -2.37. The summed E-state index contributed by atoms with van der Waals surface area (Å²) in [7, 11) is 1.84. The summed E-state index contributed by atoms with van der Waals surface area (Å²) in [6.45, 7) is 0.811. The van der Waals surface area contributed by atoms with Gasteiger partial charge >= 0.3 is 5.97 Å². The van der Waals surface area contributed by atoms with Crippen molar-refractivity contribution in [2.75, 3.05) is 18.5 Å². The van der Waals surface area contributed by atoms with Crippen LogP contribution in [0.25, 0.3) is 6.08 Å². The fraction of sp³-hybridized carbons (Fsp3) is 0.357. The molecule has 1 aliphatic rings. The molecule has 1 aromatic carbocycles. The topological polar surface area (TPSA) is 83.7 Å². The maximum atomic E-state index is 11.2. The summed E-state index contributed by atoms with van der Waals surface area (Å²) in [6, 6.07) is 4.76. The molecule has 1 fully saturated rings. The number of nitro benzene ring substituents is 1. The third-order valence-corrected chi connectivity index (χ3v) is 3.25. The Morgan fingerprint density at radius 2 is 2.25 bits per heavy atom. The lowest BCUT2D eigenvalue weighted by molar-refractivity contribution is -0.384. The average molecular weight is 276 g/mol. The average Bonchev–Trinajstić information content (AvgIpc) is 3.19. The number of hydrogen-bond acceptors (Lipinski definition) is 4. The Balaban J connectivity index is 2.27. The molecule has 6 heteroatoms. The Bertz CT molecular complexity index is 564. The molecule has 1 aliphatic carbocycles. The van der Waals surface area contributed by atoms with Crippen LogP contribution in [-0.2, 0) is 4.79 Å². The van der Waals surface area contributed by atoms with Crippen molar-refractivity contribution < 1.29 is 14.8 Å². The number of hydrogen-bond donors (Lipinski definition) is 1. The van der Waals surface area contributed by atoms with Crippen molar-refractivity contribution in [3.05, 3.63) is 40.0 Å². The van der Waals surface area contributed by atoms with Crippen LogP contribution in [0.15, 0.2) is 24.3 Å². The normalized spacial score (nSPS) is 14.4. The fourth-order valence-corrected chi connectivity index (χ4v) is 2.07. The Morgan fingerprint density at radius 3 is 2.80 bits per heavy atom. The summed E-state index contributed by atoms with van der Waals surface area (Å²) in [5.74, 6) is -0.450. The van der Waals surface area contributed by atoms with Crippen LogP contribution in [0.5, 0.6) is 0 Å². The van der Waals surface area contributed by atoms with Crippen molar-refractivity contribution in [2.45, 2.75) is 12.8 Å². The molecule has 0 bridgehead atoms. The molecule has 0 spiro atoms. The monoisotopic (exact) mass is 276 g/mol. The highest BCUT2D eigenvalue weighted by Gasteiger charge is 2.25. The number of anilines is 1. The van der Waals surface area contributed by atoms with Gasteiger partial charge in [0.15, 0.2) is 0 Å². The summed E-state index contributed by atoms with van der Waals surface area (Å²) >= 11 is 0. The van der Waals surface area contributed by atoms with Crippen LogP contribution in [0.1, 0.15) is 18.4 Å². The molecule has 0 saturated heterocycles. The van der Waals surface area contributed by atoms with E-state index in [4.69, 9.17) is 5.11 Å². The largest absolute Gasteiger partial charge is 0.478 e. The van der Waals surface area contributed by atoms with Gasteiger partial charge in [0, 0.05) is 25.7 Å². The predicted molar refractivity (Wildman–Crippen MR) is 75.8 cm³/mol. The minimum atomic E-state index is -1.08. The highest BCUT2D eigenvalue weighted by Crippen LogP contribution is 2.34. The molecule has 0 aliphatic heterocycles. The van der Waals surface area contributed by atoms with Gasteiger partial charge in [-0.05, 0) is 36.5 Å². The Morgan fingerprint density at radius 1 is 1.55 bits per heavy atom. The fourth-order valence-electron chi connectivity index (χ4n) is 2.07. The number of benzene rings is 1. The predicted octanol–water partition coefficient (Wildman–Crippen LogP) is 2.54. The molecule has 0 amide bonds. The molecule has 6 nitrogen and oxygen atoms in total. The van der Waals surface area contributed by atoms with E-state index in [9.17, 15) is 14.9 Å². The highest BCUT2D eigenvalue weighted by molar-refractivity contribution is 5.85. The highest BCUT2D eigenvalue weighted by atomic mass is 16.6. The Labute approximate surface area is 116 Å². The third kappa shape index (κ3) is 3.57. The number of carbonyl (C=O) groups is 1. The van der Waals surface area contributed by atoms with Crippen molar-refractivity contribution in [1.29, 1.82) is 0 Å². The lowest BCUT2D eigenvalue weighted by Gasteiger charge is -2.19. The first kappa shape index (κ1) is 14.0. The first-order valence-electron chi connectivity index (χ1n) is 6.38. The van der Waals surface area contributed by atoms with Crippen molar-refractivity contribution >= 4 is 23.4 Å². The van der Waals surface area contributed by atoms with Crippen LogP contribution in [-0.4, -0.2) is 29.6 Å². The van der Waals surface area contributed by atoms with Crippen molar-refractivity contribution in [2.24, 2.45) is 5.92 Å². The second kappa shape index (κ2) is 5.73. The molecule has 1 aromatic rings. The van der Waals surface area contributed by atoms with E-state index in [-0.39, 0.29) is 5.69 Å². The van der Waals surface area contributed by atoms with E-state index in [1.165, 1.54) is 25.0 Å². The second-order valence-corrected chi connectivity index (χ2v) is 5.00. The zero-order chi connectivity index (χ0) is 14.7. The van der Waals surface area contributed by atoms with E-state index in [1.807, 2.05) is 11.9 Å². The van der Waals surface area contributed by atoms with Crippen LogP contribution >= 0.6 is 0 Å². The number of nitrogens with zero attached hydrogens (tertiary/aromatic N) is 2. The Kier molecular flexibility index (Phi) is 4.02. The van der Waals surface area contributed by atoms with Crippen molar-refractivity contribution in [3.8, 4) is 0 Å². The van der Waals surface area contributed by atoms with E-state index >= 15 is 0 Å². The molecule has 1 saturated carbocycles. The molecule has 0 heterocycles. The number of aliphatic carboxylic acids is 1. The summed E-state index contributed by atoms with van der Waals surface area (Å²) in [6.07, 6.45) is 4.67. The van der Waals surface area contributed by atoms with Gasteiger partial charge in [0.2, 0.25) is 0 Å². The maximum Gasteiger partial charge on any atom is 0.328 e. The number of carboxylic acids is 1. The van der Waals surface area contributed by atoms with Crippen LogP contribution in [0.2, 0.25) is 0 Å². The van der Waals surface area contributed by atoms with Crippen molar-refractivity contribution in [1.82, 2.24) is 0 Å². The molecule has 0 unspecified atom stereocenters. The minimum Gasteiger partial charge on any atom is -0.478 e. The van der Waals surface area contributed by atoms with Gasteiger partial charge in [-0.2, -0.15) is 0 Å². The molecular formula is C14H16N2O4. The quantitative estimate of drug-likeness (QED) is 0.490. The van der Waals surface area contributed by atoms with E-state index < -0.39 is 10.9 Å². The number of carboxylic acid groups (broad SMARTS) is 1. The van der Waals surface area contributed by atoms with E-state index in [0.717, 1.165) is 12.6 Å². The third-order valence-electron chi connectivity index (χ3n) is 3.25. The SMILES string of the molecule is CN(CC1CC1)c1ccc(/C=C/C(=O)O)cc1[N+](=O)[O-]. The number of rotatable bonds is 6. The van der Waals surface area contributed by atoms with Gasteiger partial charge < -0.3 is 10.0 Å². The van der Waals surface area contributed by atoms with E-state index in [0.29, 0.717) is 17.2 Å². The second-order valence-electron chi connectivity index (χ2n) is 5.00. The first-order valence-corrected chi connectivity index (χ1v) is 6.38. The molecule has 0 atom stereocenters. The van der Waals surface area contributed by atoms with Crippen LogP contribution < -0.4 is 4.90 Å². The van der Waals surface area contributed by atoms with Gasteiger partial charge in [-0.25, -0.2) is 4.79 Å². The van der Waals surface area contributed by atoms with Gasteiger partial charge in [-0.15, -0.1) is 0 Å². The molecule has 0 radical (unpaired) electrons. The van der Waals surface area contributed by atoms with Gasteiger partial charge in [-0.3, -0.25) is 10.1 Å². The van der Waals surface area contributed by atoms with E-state index in [1.54, 1.807) is 12.1 Å². The van der Waals surface area contributed by atoms with E-state index in [2.05, 4.69) is 0 Å².